The minimum atomic E-state index is -4.06. The smallest absolute Gasteiger partial charge is 0.317 e. The number of hydrogen-bond acceptors (Lipinski definition) is 2. The van der Waals surface area contributed by atoms with E-state index in [9.17, 15) is 13.2 Å². The highest BCUT2D eigenvalue weighted by Gasteiger charge is 2.30. The van der Waals surface area contributed by atoms with Crippen LogP contribution in [0.4, 0.5) is 13.2 Å². The minimum Gasteiger partial charge on any atom is -0.317 e. The van der Waals surface area contributed by atoms with Gasteiger partial charge in [0, 0.05) is 12.1 Å². The van der Waals surface area contributed by atoms with E-state index in [0.717, 1.165) is 32.4 Å². The lowest BCUT2D eigenvalue weighted by atomic mass is 10.1. The molecule has 0 aliphatic carbocycles. The summed E-state index contributed by atoms with van der Waals surface area (Å²) in [6, 6.07) is -0.245. The molecule has 0 aromatic carbocycles. The van der Waals surface area contributed by atoms with Crippen LogP contribution in [-0.2, 0) is 0 Å². The van der Waals surface area contributed by atoms with E-state index >= 15 is 0 Å². The molecule has 1 saturated heterocycles. The molecule has 0 radical (unpaired) electrons. The third kappa shape index (κ3) is 5.99. The molecular formula is C10H19F3N2. The quantitative estimate of drug-likeness (QED) is 0.766. The van der Waals surface area contributed by atoms with Gasteiger partial charge in [0.05, 0.1) is 6.42 Å². The van der Waals surface area contributed by atoms with Crippen LogP contribution < -0.4 is 10.6 Å². The van der Waals surface area contributed by atoms with Gasteiger partial charge in [0.25, 0.3) is 0 Å². The highest BCUT2D eigenvalue weighted by atomic mass is 19.4. The molecule has 1 heterocycles. The van der Waals surface area contributed by atoms with Crippen LogP contribution in [0.1, 0.15) is 32.6 Å². The molecule has 5 heteroatoms. The minimum absolute atomic E-state index is 0.234. The molecule has 0 saturated carbocycles. The van der Waals surface area contributed by atoms with Crippen molar-refractivity contribution in [2.75, 3.05) is 13.1 Å². The van der Waals surface area contributed by atoms with Gasteiger partial charge in [0.2, 0.25) is 0 Å². The first-order valence-corrected chi connectivity index (χ1v) is 5.51. The van der Waals surface area contributed by atoms with Gasteiger partial charge in [-0.3, -0.25) is 0 Å². The summed E-state index contributed by atoms with van der Waals surface area (Å²) in [5, 5.41) is 6.29. The Labute approximate surface area is 88.6 Å². The highest BCUT2D eigenvalue weighted by molar-refractivity contribution is 4.76. The Morgan fingerprint density at radius 1 is 1.33 bits per heavy atom. The van der Waals surface area contributed by atoms with Gasteiger partial charge in [-0.15, -0.1) is 0 Å². The van der Waals surface area contributed by atoms with Gasteiger partial charge < -0.3 is 10.6 Å². The summed E-state index contributed by atoms with van der Waals surface area (Å²) in [6.45, 7) is 3.48. The van der Waals surface area contributed by atoms with Gasteiger partial charge in [-0.05, 0) is 39.3 Å². The topological polar surface area (TPSA) is 24.1 Å². The van der Waals surface area contributed by atoms with Crippen LogP contribution in [0.2, 0.25) is 0 Å². The summed E-state index contributed by atoms with van der Waals surface area (Å²) in [7, 11) is 0. The van der Waals surface area contributed by atoms with Gasteiger partial charge in [0.15, 0.2) is 0 Å². The SMILES string of the molecule is CC(CC(F)(F)F)NC1CCCNCC1. The van der Waals surface area contributed by atoms with E-state index in [1.807, 2.05) is 0 Å². The molecule has 2 atom stereocenters. The van der Waals surface area contributed by atoms with Crippen molar-refractivity contribution in [3.8, 4) is 0 Å². The monoisotopic (exact) mass is 224 g/mol. The molecular weight excluding hydrogens is 205 g/mol. The van der Waals surface area contributed by atoms with Crippen molar-refractivity contribution in [3.05, 3.63) is 0 Å². The third-order valence-electron chi connectivity index (χ3n) is 2.63. The molecule has 1 aliphatic rings. The van der Waals surface area contributed by atoms with Crippen LogP contribution in [0.15, 0.2) is 0 Å². The first-order valence-electron chi connectivity index (χ1n) is 5.51. The second-order valence-electron chi connectivity index (χ2n) is 4.26. The second kappa shape index (κ2) is 5.70. The summed E-state index contributed by atoms with van der Waals surface area (Å²) in [5.41, 5.74) is 0. The predicted octanol–water partition coefficient (Wildman–Crippen LogP) is 2.06. The van der Waals surface area contributed by atoms with E-state index in [0.29, 0.717) is 0 Å². The van der Waals surface area contributed by atoms with Crippen LogP contribution in [0.5, 0.6) is 0 Å². The Morgan fingerprint density at radius 3 is 2.73 bits per heavy atom. The zero-order chi connectivity index (χ0) is 11.3. The Balaban J connectivity index is 2.26. The van der Waals surface area contributed by atoms with E-state index in [1.54, 1.807) is 6.92 Å². The highest BCUT2D eigenvalue weighted by Crippen LogP contribution is 2.22. The van der Waals surface area contributed by atoms with E-state index in [2.05, 4.69) is 10.6 Å². The molecule has 0 bridgehead atoms. The summed E-state index contributed by atoms with van der Waals surface area (Å²) >= 11 is 0. The van der Waals surface area contributed by atoms with Crippen molar-refractivity contribution in [3.63, 3.8) is 0 Å². The maximum atomic E-state index is 12.1. The second-order valence-corrected chi connectivity index (χ2v) is 4.26. The fourth-order valence-corrected chi connectivity index (χ4v) is 1.99. The molecule has 0 spiro atoms. The fourth-order valence-electron chi connectivity index (χ4n) is 1.99. The predicted molar refractivity (Wildman–Crippen MR) is 53.8 cm³/mol. The Hall–Kier alpha value is -0.290. The van der Waals surface area contributed by atoms with Gasteiger partial charge in [-0.2, -0.15) is 13.2 Å². The zero-order valence-corrected chi connectivity index (χ0v) is 9.03. The summed E-state index contributed by atoms with van der Waals surface area (Å²) in [5.74, 6) is 0. The van der Waals surface area contributed by atoms with Crippen molar-refractivity contribution < 1.29 is 13.2 Å². The van der Waals surface area contributed by atoms with Crippen molar-refractivity contribution in [2.45, 2.75) is 50.9 Å². The number of hydrogen-bond donors (Lipinski definition) is 2. The molecule has 0 aromatic rings. The van der Waals surface area contributed by atoms with E-state index < -0.39 is 18.6 Å². The van der Waals surface area contributed by atoms with Crippen molar-refractivity contribution in [1.82, 2.24) is 10.6 Å². The van der Waals surface area contributed by atoms with Crippen LogP contribution in [-0.4, -0.2) is 31.3 Å². The zero-order valence-electron chi connectivity index (χ0n) is 9.03. The van der Waals surface area contributed by atoms with Crippen LogP contribution in [0.3, 0.4) is 0 Å². The number of nitrogens with one attached hydrogen (secondary N) is 2. The summed E-state index contributed by atoms with van der Waals surface area (Å²) in [6.07, 6.45) is -1.87. The normalized spacial score (nSPS) is 26.0. The lowest BCUT2D eigenvalue weighted by molar-refractivity contribution is -0.139. The maximum absolute atomic E-state index is 12.1. The lowest BCUT2D eigenvalue weighted by Gasteiger charge is -2.22. The largest absolute Gasteiger partial charge is 0.390 e. The standard InChI is InChI=1S/C10H19F3N2/c1-8(7-10(11,12)13)15-9-3-2-5-14-6-4-9/h8-9,14-15H,2-7H2,1H3. The maximum Gasteiger partial charge on any atom is 0.390 e. The number of halogens is 3. The number of rotatable bonds is 3. The first-order chi connectivity index (χ1) is 6.97. The van der Waals surface area contributed by atoms with Gasteiger partial charge in [0.1, 0.15) is 0 Å². The van der Waals surface area contributed by atoms with Gasteiger partial charge >= 0.3 is 6.18 Å². The molecule has 2 nitrogen and oxygen atoms in total. The first kappa shape index (κ1) is 12.8. The Bertz CT molecular complexity index is 174. The molecule has 2 N–H and O–H groups in total. The fraction of sp³-hybridized carbons (Fsp3) is 1.00. The van der Waals surface area contributed by atoms with Gasteiger partial charge in [-0.1, -0.05) is 0 Å². The Morgan fingerprint density at radius 2 is 2.07 bits per heavy atom. The molecule has 90 valence electrons. The van der Waals surface area contributed by atoms with Crippen LogP contribution in [0.25, 0.3) is 0 Å². The van der Waals surface area contributed by atoms with Gasteiger partial charge in [-0.25, -0.2) is 0 Å². The van der Waals surface area contributed by atoms with E-state index in [1.165, 1.54) is 0 Å². The average Bonchev–Trinajstić information content (AvgIpc) is 2.28. The molecule has 1 aliphatic heterocycles. The van der Waals surface area contributed by atoms with Crippen molar-refractivity contribution in [1.29, 1.82) is 0 Å². The van der Waals surface area contributed by atoms with Crippen molar-refractivity contribution in [2.24, 2.45) is 0 Å². The molecule has 0 aromatic heterocycles. The van der Waals surface area contributed by atoms with E-state index in [4.69, 9.17) is 0 Å². The lowest BCUT2D eigenvalue weighted by Crippen LogP contribution is -2.39. The van der Waals surface area contributed by atoms with Crippen molar-refractivity contribution >= 4 is 0 Å². The Kier molecular flexibility index (Phi) is 4.86. The van der Waals surface area contributed by atoms with Crippen LogP contribution >= 0.6 is 0 Å². The average molecular weight is 224 g/mol. The summed E-state index contributed by atoms with van der Waals surface area (Å²) in [4.78, 5) is 0. The molecule has 15 heavy (non-hydrogen) atoms. The van der Waals surface area contributed by atoms with E-state index in [-0.39, 0.29) is 6.04 Å². The molecule has 1 fully saturated rings. The van der Waals surface area contributed by atoms with Crippen LogP contribution in [0, 0.1) is 0 Å². The summed E-state index contributed by atoms with van der Waals surface area (Å²) < 4.78 is 36.3. The molecule has 2 unspecified atom stereocenters. The number of alkyl halides is 3. The third-order valence-corrected chi connectivity index (χ3v) is 2.63. The molecule has 0 amide bonds. The molecule has 1 rings (SSSR count).